The summed E-state index contributed by atoms with van der Waals surface area (Å²) in [5.41, 5.74) is 7.55. The summed E-state index contributed by atoms with van der Waals surface area (Å²) in [6, 6.07) is 64.4. The predicted molar refractivity (Wildman–Crippen MR) is 246 cm³/mol. The van der Waals surface area contributed by atoms with Gasteiger partial charge in [0.25, 0.3) is 0 Å². The Morgan fingerprint density at radius 1 is 0.424 bits per heavy atom. The molecule has 0 bridgehead atoms. The monoisotopic (exact) mass is 770 g/mol. The van der Waals surface area contributed by atoms with Gasteiger partial charge in [-0.2, -0.15) is 0 Å². The van der Waals surface area contributed by atoms with Crippen LogP contribution < -0.4 is 0 Å². The van der Waals surface area contributed by atoms with E-state index in [1.807, 2.05) is 12.1 Å². The minimum Gasteiger partial charge on any atom is -0.456 e. The molecule has 5 nitrogen and oxygen atoms in total. The molecule has 0 amide bonds. The molecule has 6 heteroatoms. The highest BCUT2D eigenvalue weighted by molar-refractivity contribution is 7.26. The van der Waals surface area contributed by atoms with Gasteiger partial charge in [-0.1, -0.05) is 127 Å². The van der Waals surface area contributed by atoms with Crippen LogP contribution in [0.1, 0.15) is 0 Å². The fraction of sp³-hybridized carbons (Fsp3) is 0. The third-order valence-electron chi connectivity index (χ3n) is 11.8. The standard InChI is InChI=1S/C53H30N4OS/c1-2-13-32-28-35(25-24-31(32)12-1)51-54-52(40-20-11-19-38-37-17-7-10-23-47(37)59-50(38)40)56-53(55-51)49-43(26-27-46-48(49)39-18-6-9-22-45(39)58-46)57-42-21-8-5-16-36(42)41-29-33-14-3-4-15-34(33)30-44(41)57/h1-30H. The van der Waals surface area contributed by atoms with Crippen molar-refractivity contribution >= 4 is 96.8 Å². The van der Waals surface area contributed by atoms with Crippen molar-refractivity contribution < 1.29 is 4.42 Å². The second-order valence-corrected chi connectivity index (χ2v) is 16.2. The summed E-state index contributed by atoms with van der Waals surface area (Å²) in [5, 5.41) is 11.4. The van der Waals surface area contributed by atoms with Crippen LogP contribution in [0, 0.1) is 0 Å². The van der Waals surface area contributed by atoms with Gasteiger partial charge in [-0.15, -0.1) is 11.3 Å². The number of thiophene rings is 1. The molecule has 0 saturated heterocycles. The Hall–Kier alpha value is -7.67. The molecule has 13 aromatic rings. The van der Waals surface area contributed by atoms with Gasteiger partial charge >= 0.3 is 0 Å². The van der Waals surface area contributed by atoms with Crippen LogP contribution in [0.5, 0.6) is 0 Å². The zero-order valence-corrected chi connectivity index (χ0v) is 32.2. The molecule has 4 aromatic heterocycles. The van der Waals surface area contributed by atoms with Crippen LogP contribution in [0.4, 0.5) is 0 Å². The molecular formula is C53H30N4OS. The van der Waals surface area contributed by atoms with E-state index in [0.717, 1.165) is 70.8 Å². The van der Waals surface area contributed by atoms with Crippen molar-refractivity contribution in [2.24, 2.45) is 0 Å². The Balaban J connectivity index is 1.18. The first-order valence-electron chi connectivity index (χ1n) is 19.8. The average molecular weight is 771 g/mol. The summed E-state index contributed by atoms with van der Waals surface area (Å²) in [6.45, 7) is 0. The van der Waals surface area contributed by atoms with Crippen LogP contribution in [0.3, 0.4) is 0 Å². The topological polar surface area (TPSA) is 56.7 Å². The number of hydrogen-bond donors (Lipinski definition) is 0. The highest BCUT2D eigenvalue weighted by Crippen LogP contribution is 2.45. The van der Waals surface area contributed by atoms with Gasteiger partial charge < -0.3 is 8.98 Å². The lowest BCUT2D eigenvalue weighted by atomic mass is 10.0. The largest absolute Gasteiger partial charge is 0.456 e. The van der Waals surface area contributed by atoms with Crippen molar-refractivity contribution in [1.29, 1.82) is 0 Å². The lowest BCUT2D eigenvalue weighted by molar-refractivity contribution is 0.669. The number of aromatic nitrogens is 4. The number of para-hydroxylation sites is 2. The molecule has 0 atom stereocenters. The maximum atomic E-state index is 6.61. The Morgan fingerprint density at radius 3 is 1.98 bits per heavy atom. The molecular weight excluding hydrogens is 741 g/mol. The van der Waals surface area contributed by atoms with Gasteiger partial charge in [0.1, 0.15) is 11.2 Å². The van der Waals surface area contributed by atoms with Crippen molar-refractivity contribution in [1.82, 2.24) is 19.5 Å². The summed E-state index contributed by atoms with van der Waals surface area (Å²) in [6.07, 6.45) is 0. The van der Waals surface area contributed by atoms with E-state index in [2.05, 4.69) is 174 Å². The Morgan fingerprint density at radius 2 is 1.10 bits per heavy atom. The van der Waals surface area contributed by atoms with Crippen molar-refractivity contribution in [2.45, 2.75) is 0 Å². The number of furan rings is 1. The molecule has 274 valence electrons. The molecule has 0 aliphatic heterocycles. The smallest absolute Gasteiger partial charge is 0.166 e. The summed E-state index contributed by atoms with van der Waals surface area (Å²) in [4.78, 5) is 16.3. The molecule has 0 aliphatic rings. The third kappa shape index (κ3) is 4.87. The van der Waals surface area contributed by atoms with Gasteiger partial charge in [0, 0.05) is 52.8 Å². The molecule has 0 radical (unpaired) electrons. The summed E-state index contributed by atoms with van der Waals surface area (Å²) in [7, 11) is 0. The molecule has 0 aliphatic carbocycles. The van der Waals surface area contributed by atoms with Gasteiger partial charge in [0.15, 0.2) is 17.5 Å². The number of fused-ring (bicyclic) bond motifs is 11. The highest BCUT2D eigenvalue weighted by Gasteiger charge is 2.25. The van der Waals surface area contributed by atoms with E-state index in [0.29, 0.717) is 17.5 Å². The van der Waals surface area contributed by atoms with E-state index < -0.39 is 0 Å². The summed E-state index contributed by atoms with van der Waals surface area (Å²) in [5.74, 6) is 1.81. The number of benzene rings is 9. The van der Waals surface area contributed by atoms with Gasteiger partial charge in [0.2, 0.25) is 0 Å². The molecule has 0 spiro atoms. The van der Waals surface area contributed by atoms with Crippen LogP contribution in [0.15, 0.2) is 186 Å². The van der Waals surface area contributed by atoms with Gasteiger partial charge in [-0.05, 0) is 76.1 Å². The average Bonchev–Trinajstić information content (AvgIpc) is 3.97. The molecule has 59 heavy (non-hydrogen) atoms. The van der Waals surface area contributed by atoms with Crippen molar-refractivity contribution in [2.75, 3.05) is 0 Å². The molecule has 9 aromatic carbocycles. The van der Waals surface area contributed by atoms with Crippen molar-refractivity contribution in [3.8, 4) is 39.9 Å². The van der Waals surface area contributed by atoms with Crippen LogP contribution in [-0.4, -0.2) is 19.5 Å². The van der Waals surface area contributed by atoms with E-state index in [1.54, 1.807) is 11.3 Å². The number of hydrogen-bond acceptors (Lipinski definition) is 5. The zero-order valence-electron chi connectivity index (χ0n) is 31.4. The van der Waals surface area contributed by atoms with Crippen molar-refractivity contribution in [3.63, 3.8) is 0 Å². The fourth-order valence-electron chi connectivity index (χ4n) is 9.12. The molecule has 0 N–H and O–H groups in total. The first-order valence-corrected chi connectivity index (χ1v) is 20.6. The Labute approximate surface area is 341 Å². The third-order valence-corrected chi connectivity index (χ3v) is 13.0. The zero-order chi connectivity index (χ0) is 38.6. The van der Waals surface area contributed by atoms with E-state index in [-0.39, 0.29) is 0 Å². The maximum Gasteiger partial charge on any atom is 0.166 e. The quantitative estimate of drug-likeness (QED) is 0.179. The van der Waals surface area contributed by atoms with Crippen LogP contribution in [-0.2, 0) is 0 Å². The fourth-order valence-corrected chi connectivity index (χ4v) is 10.3. The molecule has 0 saturated carbocycles. The lowest BCUT2D eigenvalue weighted by Crippen LogP contribution is -2.04. The van der Waals surface area contributed by atoms with Crippen LogP contribution >= 0.6 is 11.3 Å². The minimum atomic E-state index is 0.579. The first kappa shape index (κ1) is 32.4. The second kappa shape index (κ2) is 12.4. The Kier molecular flexibility index (Phi) is 6.82. The molecule has 4 heterocycles. The van der Waals surface area contributed by atoms with E-state index in [9.17, 15) is 0 Å². The second-order valence-electron chi connectivity index (χ2n) is 15.1. The highest BCUT2D eigenvalue weighted by atomic mass is 32.1. The van der Waals surface area contributed by atoms with E-state index in [4.69, 9.17) is 19.4 Å². The SMILES string of the molecule is c1ccc2cc(-c3nc(-c4cccc5c4sc4ccccc45)nc(-c4c(-n5c6ccccc6c6cc7ccccc7cc65)ccc5oc6ccccc6c45)n3)ccc2c1. The molecule has 13 rings (SSSR count). The van der Waals surface area contributed by atoms with Crippen LogP contribution in [0.2, 0.25) is 0 Å². The Bertz CT molecular complexity index is 3870. The minimum absolute atomic E-state index is 0.579. The van der Waals surface area contributed by atoms with Crippen molar-refractivity contribution in [3.05, 3.63) is 182 Å². The number of rotatable bonds is 4. The normalized spacial score (nSPS) is 12.1. The van der Waals surface area contributed by atoms with E-state index >= 15 is 0 Å². The predicted octanol–water partition coefficient (Wildman–Crippen LogP) is 14.5. The van der Waals surface area contributed by atoms with Gasteiger partial charge in [-0.25, -0.2) is 15.0 Å². The maximum absolute atomic E-state index is 6.61. The lowest BCUT2D eigenvalue weighted by Gasteiger charge is -2.16. The summed E-state index contributed by atoms with van der Waals surface area (Å²) >= 11 is 1.78. The molecule has 0 fully saturated rings. The van der Waals surface area contributed by atoms with Gasteiger partial charge in [0.05, 0.1) is 22.3 Å². The molecule has 0 unspecified atom stereocenters. The van der Waals surface area contributed by atoms with Crippen LogP contribution in [0.25, 0.3) is 125 Å². The van der Waals surface area contributed by atoms with E-state index in [1.165, 1.54) is 37.0 Å². The first-order chi connectivity index (χ1) is 29.2. The van der Waals surface area contributed by atoms with Gasteiger partial charge in [-0.3, -0.25) is 0 Å². The number of nitrogens with zero attached hydrogens (tertiary/aromatic N) is 4. The summed E-state index contributed by atoms with van der Waals surface area (Å²) < 4.78 is 11.4.